The van der Waals surface area contributed by atoms with Crippen LogP contribution in [0.3, 0.4) is 0 Å². The van der Waals surface area contributed by atoms with Crippen molar-refractivity contribution in [3.05, 3.63) is 59.4 Å². The minimum absolute atomic E-state index is 0.00737. The Morgan fingerprint density at radius 2 is 1.81 bits per heavy atom. The van der Waals surface area contributed by atoms with Gasteiger partial charge in [0.05, 0.1) is 21.0 Å². The van der Waals surface area contributed by atoms with Gasteiger partial charge in [-0.05, 0) is 50.1 Å². The highest BCUT2D eigenvalue weighted by Gasteiger charge is 2.22. The van der Waals surface area contributed by atoms with E-state index in [1.165, 1.54) is 32.4 Å². The highest BCUT2D eigenvalue weighted by Crippen LogP contribution is 2.40. The molecule has 0 fully saturated rings. The number of halogens is 3. The van der Waals surface area contributed by atoms with Crippen LogP contribution < -0.4 is 10.1 Å². The molecule has 11 heteroatoms. The number of carbonyl (C=O) groups is 1. The molecule has 0 aromatic heterocycles. The van der Waals surface area contributed by atoms with Crippen LogP contribution in [0.1, 0.15) is 5.56 Å². The predicted octanol–water partition coefficient (Wildman–Crippen LogP) is 5.41. The zero-order valence-electron chi connectivity index (χ0n) is 14.0. The largest absolute Gasteiger partial charge is 0.480 e. The number of urea groups is 1. The summed E-state index contributed by atoms with van der Waals surface area (Å²) in [5.74, 6) is 0.557. The summed E-state index contributed by atoms with van der Waals surface area (Å²) in [6.07, 6.45) is 0. The molecule has 2 rings (SSSR count). The highest BCUT2D eigenvalue weighted by molar-refractivity contribution is 9.11. The number of rotatable bonds is 4. The summed E-state index contributed by atoms with van der Waals surface area (Å²) in [5, 5.41) is 13.6. The first-order valence-electron chi connectivity index (χ1n) is 7.22. The maximum absolute atomic E-state index is 11.5. The lowest BCUT2D eigenvalue weighted by molar-refractivity contribution is -0.385. The van der Waals surface area contributed by atoms with Crippen LogP contribution in [0.2, 0.25) is 0 Å². The SMILES string of the molecule is CNC(=O)N=C(OC)c1cc(Oc2c(Br)cc(Br)cc2Br)ccc1[N+](=O)[O-]. The van der Waals surface area contributed by atoms with Crippen molar-refractivity contribution < 1.29 is 19.2 Å². The number of hydrogen-bond donors (Lipinski definition) is 1. The monoisotopic (exact) mass is 563 g/mol. The number of carbonyl (C=O) groups excluding carboxylic acids is 1. The first-order chi connectivity index (χ1) is 12.8. The molecule has 1 N–H and O–H groups in total. The van der Waals surface area contributed by atoms with Gasteiger partial charge in [-0.2, -0.15) is 4.99 Å². The van der Waals surface area contributed by atoms with Gasteiger partial charge in [-0.1, -0.05) is 15.9 Å². The minimum atomic E-state index is -0.703. The molecular formula is C16H12Br3N3O5. The second-order valence-corrected chi connectivity index (χ2v) is 7.54. The van der Waals surface area contributed by atoms with Crippen molar-refractivity contribution in [2.75, 3.05) is 14.2 Å². The van der Waals surface area contributed by atoms with Crippen LogP contribution in [0.15, 0.2) is 48.7 Å². The van der Waals surface area contributed by atoms with Gasteiger partial charge in [0.2, 0.25) is 5.90 Å². The van der Waals surface area contributed by atoms with Gasteiger partial charge in [0, 0.05) is 23.7 Å². The third-order valence-electron chi connectivity index (χ3n) is 3.19. The van der Waals surface area contributed by atoms with E-state index in [0.29, 0.717) is 20.4 Å². The Morgan fingerprint density at radius 3 is 2.33 bits per heavy atom. The second kappa shape index (κ2) is 9.29. The van der Waals surface area contributed by atoms with Crippen molar-refractivity contribution in [1.82, 2.24) is 5.32 Å². The Bertz CT molecular complexity index is 911. The molecule has 0 bridgehead atoms. The van der Waals surface area contributed by atoms with Gasteiger partial charge in [-0.25, -0.2) is 4.79 Å². The maximum atomic E-state index is 11.5. The molecule has 0 unspecified atom stereocenters. The van der Waals surface area contributed by atoms with Crippen LogP contribution in [-0.4, -0.2) is 31.0 Å². The van der Waals surface area contributed by atoms with Gasteiger partial charge in [-0.3, -0.25) is 10.1 Å². The number of hydrogen-bond acceptors (Lipinski definition) is 5. The number of nitrogens with zero attached hydrogens (tertiary/aromatic N) is 2. The topological polar surface area (TPSA) is 103 Å². The number of nitrogens with one attached hydrogen (secondary N) is 1. The molecule has 0 radical (unpaired) electrons. The maximum Gasteiger partial charge on any atom is 0.343 e. The van der Waals surface area contributed by atoms with Crippen molar-refractivity contribution in [2.24, 2.45) is 4.99 Å². The van der Waals surface area contributed by atoms with Crippen LogP contribution in [0, 0.1) is 10.1 Å². The number of nitro benzene ring substituents is 1. The fourth-order valence-corrected chi connectivity index (χ4v) is 4.44. The summed E-state index contributed by atoms with van der Waals surface area (Å²) in [7, 11) is 2.65. The summed E-state index contributed by atoms with van der Waals surface area (Å²) >= 11 is 10.2. The molecular weight excluding hydrogens is 554 g/mol. The summed E-state index contributed by atoms with van der Waals surface area (Å²) in [5.41, 5.74) is -0.270. The number of ether oxygens (including phenoxy) is 2. The van der Waals surface area contributed by atoms with E-state index in [1.807, 2.05) is 0 Å². The van der Waals surface area contributed by atoms with Crippen LogP contribution in [0.4, 0.5) is 10.5 Å². The quantitative estimate of drug-likeness (QED) is 0.231. The smallest absolute Gasteiger partial charge is 0.343 e. The molecule has 142 valence electrons. The van der Waals surface area contributed by atoms with E-state index in [-0.39, 0.29) is 17.1 Å². The molecule has 8 nitrogen and oxygen atoms in total. The van der Waals surface area contributed by atoms with Gasteiger partial charge >= 0.3 is 6.03 Å². The van der Waals surface area contributed by atoms with E-state index >= 15 is 0 Å². The molecule has 0 spiro atoms. The number of nitro groups is 1. The van der Waals surface area contributed by atoms with Crippen molar-refractivity contribution >= 4 is 65.4 Å². The van der Waals surface area contributed by atoms with Crippen LogP contribution in [-0.2, 0) is 4.74 Å². The Morgan fingerprint density at radius 1 is 1.19 bits per heavy atom. The molecule has 27 heavy (non-hydrogen) atoms. The van der Waals surface area contributed by atoms with Gasteiger partial charge in [-0.15, -0.1) is 0 Å². The minimum Gasteiger partial charge on any atom is -0.480 e. The fraction of sp³-hybridized carbons (Fsp3) is 0.125. The average molecular weight is 566 g/mol. The van der Waals surface area contributed by atoms with Crippen molar-refractivity contribution in [1.29, 1.82) is 0 Å². The van der Waals surface area contributed by atoms with Crippen LogP contribution in [0.25, 0.3) is 0 Å². The molecule has 0 aliphatic heterocycles. The first-order valence-corrected chi connectivity index (χ1v) is 9.60. The zero-order valence-corrected chi connectivity index (χ0v) is 18.7. The molecule has 0 aliphatic rings. The third-order valence-corrected chi connectivity index (χ3v) is 4.82. The van der Waals surface area contributed by atoms with Crippen LogP contribution >= 0.6 is 47.8 Å². The Balaban J connectivity index is 2.54. The lowest BCUT2D eigenvalue weighted by Crippen LogP contribution is -2.17. The summed E-state index contributed by atoms with van der Waals surface area (Å²) < 4.78 is 13.1. The normalized spacial score (nSPS) is 11.1. The van der Waals surface area contributed by atoms with Crippen molar-refractivity contribution in [3.63, 3.8) is 0 Å². The predicted molar refractivity (Wildman–Crippen MR) is 111 cm³/mol. The molecule has 0 aliphatic carbocycles. The lowest BCUT2D eigenvalue weighted by Gasteiger charge is -2.12. The van der Waals surface area contributed by atoms with Gasteiger partial charge in [0.15, 0.2) is 5.75 Å². The van der Waals surface area contributed by atoms with E-state index in [9.17, 15) is 14.9 Å². The molecule has 2 aromatic carbocycles. The standard InChI is InChI=1S/C16H12Br3N3O5/c1-20-16(23)21-15(26-2)10-7-9(3-4-13(10)22(24)25)27-14-11(18)5-8(17)6-12(14)19/h3-7H,1-2H3,(H,20,23). The molecule has 0 saturated carbocycles. The van der Waals surface area contributed by atoms with Gasteiger partial charge in [0.25, 0.3) is 5.69 Å². The first kappa shape index (κ1) is 21.3. The second-order valence-electron chi connectivity index (χ2n) is 4.91. The van der Waals surface area contributed by atoms with Gasteiger partial charge in [0.1, 0.15) is 11.3 Å². The third kappa shape index (κ3) is 5.27. The van der Waals surface area contributed by atoms with E-state index in [4.69, 9.17) is 9.47 Å². The Hall–Kier alpha value is -1.98. The number of methoxy groups -OCH3 is 1. The lowest BCUT2D eigenvalue weighted by atomic mass is 10.1. The van der Waals surface area contributed by atoms with E-state index in [2.05, 4.69) is 58.1 Å². The molecule has 0 saturated heterocycles. The fourth-order valence-electron chi connectivity index (χ4n) is 2.02. The molecule has 2 amide bonds. The number of aliphatic imine (C=N–C) groups is 1. The average Bonchev–Trinajstić information content (AvgIpc) is 2.62. The molecule has 2 aromatic rings. The van der Waals surface area contributed by atoms with Gasteiger partial charge < -0.3 is 14.8 Å². The van der Waals surface area contributed by atoms with E-state index in [1.54, 1.807) is 12.1 Å². The summed E-state index contributed by atoms with van der Waals surface area (Å²) in [6.45, 7) is 0. The summed E-state index contributed by atoms with van der Waals surface area (Å²) in [4.78, 5) is 26.0. The Labute approximate surface area is 179 Å². The zero-order chi connectivity index (χ0) is 20.1. The van der Waals surface area contributed by atoms with E-state index in [0.717, 1.165) is 4.47 Å². The van der Waals surface area contributed by atoms with Crippen molar-refractivity contribution in [2.45, 2.75) is 0 Å². The van der Waals surface area contributed by atoms with Crippen molar-refractivity contribution in [3.8, 4) is 11.5 Å². The highest BCUT2D eigenvalue weighted by atomic mass is 79.9. The molecule has 0 heterocycles. The number of amides is 2. The molecule has 0 atom stereocenters. The Kier molecular flexibility index (Phi) is 7.33. The summed E-state index contributed by atoms with van der Waals surface area (Å²) in [6, 6.07) is 6.95. The van der Waals surface area contributed by atoms with E-state index < -0.39 is 11.0 Å². The van der Waals surface area contributed by atoms with Crippen LogP contribution in [0.5, 0.6) is 11.5 Å². The number of benzene rings is 2.